The van der Waals surface area contributed by atoms with Crippen LogP contribution in [0.5, 0.6) is 0 Å². The highest BCUT2D eigenvalue weighted by Gasteiger charge is 2.26. The molecule has 0 spiro atoms. The summed E-state index contributed by atoms with van der Waals surface area (Å²) in [5.74, 6) is 0.473. The molecule has 0 saturated carbocycles. The quantitative estimate of drug-likeness (QED) is 0.248. The molecule has 0 unspecified atom stereocenters. The van der Waals surface area contributed by atoms with E-state index in [4.69, 9.17) is 5.10 Å². The van der Waals surface area contributed by atoms with Gasteiger partial charge in [-0.2, -0.15) is 18.9 Å². The van der Waals surface area contributed by atoms with Gasteiger partial charge in [0.2, 0.25) is 15.0 Å². The molecule has 216 valence electrons. The number of thiophene rings is 1. The smallest absolute Gasteiger partial charge is 0.266 e. The zero-order valence-corrected chi connectivity index (χ0v) is 25.4. The number of piperidine rings is 1. The highest BCUT2D eigenvalue weighted by atomic mass is 32.2. The normalized spacial score (nSPS) is 15.2. The van der Waals surface area contributed by atoms with Crippen molar-refractivity contribution in [1.82, 2.24) is 28.7 Å². The molecule has 0 N–H and O–H groups in total. The van der Waals surface area contributed by atoms with Crippen LogP contribution in [0.1, 0.15) is 35.5 Å². The predicted octanol–water partition coefficient (Wildman–Crippen LogP) is 4.96. The fourth-order valence-corrected chi connectivity index (χ4v) is 8.11. The number of sulfonamides is 1. The molecule has 4 aromatic heterocycles. The van der Waals surface area contributed by atoms with Crippen molar-refractivity contribution in [3.63, 3.8) is 0 Å². The van der Waals surface area contributed by atoms with Crippen LogP contribution in [-0.4, -0.2) is 50.2 Å². The zero-order chi connectivity index (χ0) is 29.4. The lowest BCUT2D eigenvalue weighted by Crippen LogP contribution is -2.35. The van der Waals surface area contributed by atoms with Crippen LogP contribution in [0.2, 0.25) is 0 Å². The number of fused-ring (bicyclic) bond motifs is 1. The van der Waals surface area contributed by atoms with Crippen LogP contribution in [-0.2, 0) is 10.0 Å². The van der Waals surface area contributed by atoms with E-state index in [1.54, 1.807) is 56.7 Å². The minimum atomic E-state index is -3.55. The Bertz CT molecular complexity index is 2140. The molecule has 0 bridgehead atoms. The van der Waals surface area contributed by atoms with Crippen molar-refractivity contribution < 1.29 is 8.42 Å². The molecule has 2 aromatic carbocycles. The second-order valence-electron chi connectivity index (χ2n) is 10.1. The zero-order valence-electron chi connectivity index (χ0n) is 22.9. The first-order valence-corrected chi connectivity index (χ1v) is 17.0. The second-order valence-corrected chi connectivity index (χ2v) is 14.1. The van der Waals surface area contributed by atoms with Crippen molar-refractivity contribution in [3.05, 3.63) is 109 Å². The molecule has 1 saturated heterocycles. The number of para-hydroxylation sites is 1. The van der Waals surface area contributed by atoms with Crippen molar-refractivity contribution >= 4 is 55.9 Å². The number of hydrogen-bond donors (Lipinski definition) is 0. The van der Waals surface area contributed by atoms with Crippen molar-refractivity contribution in [3.8, 4) is 16.9 Å². The molecule has 7 rings (SSSR count). The Morgan fingerprint density at radius 3 is 2.37 bits per heavy atom. The average molecular weight is 627 g/mol. The molecule has 1 aliphatic heterocycles. The molecule has 0 atom stereocenters. The summed E-state index contributed by atoms with van der Waals surface area (Å²) < 4.78 is 31.5. The van der Waals surface area contributed by atoms with Crippen molar-refractivity contribution in [1.29, 1.82) is 0 Å². The summed E-state index contributed by atoms with van der Waals surface area (Å²) in [6, 6.07) is 20.5. The standard InChI is InChI=1S/C31H26N6O3S3/c38-30-27(42-31-32-28(33-37(30)31)16-13-25-10-7-19-41-25)20-23-21-36(24-8-3-1-4-9-24)34-29(23)22-11-14-26(15-12-22)43(39,40)35-17-5-2-6-18-35/h1,3-4,7-16,19-21H,2,5-6,17-18H2/b16-13+,27-20-. The summed E-state index contributed by atoms with van der Waals surface area (Å²) >= 11 is 2.87. The monoisotopic (exact) mass is 626 g/mol. The van der Waals surface area contributed by atoms with Crippen LogP contribution >= 0.6 is 22.7 Å². The Morgan fingerprint density at radius 1 is 0.860 bits per heavy atom. The van der Waals surface area contributed by atoms with Gasteiger partial charge in [0.15, 0.2) is 5.82 Å². The number of benzene rings is 2. The number of aromatic nitrogens is 5. The molecule has 5 heterocycles. The largest absolute Gasteiger partial charge is 0.291 e. The maximum Gasteiger partial charge on any atom is 0.291 e. The highest BCUT2D eigenvalue weighted by Crippen LogP contribution is 2.28. The Labute approximate surface area is 255 Å². The van der Waals surface area contributed by atoms with Gasteiger partial charge in [0.05, 0.1) is 20.8 Å². The Kier molecular flexibility index (Phi) is 7.35. The van der Waals surface area contributed by atoms with Crippen LogP contribution < -0.4 is 10.1 Å². The topological polar surface area (TPSA) is 102 Å². The fraction of sp³-hybridized carbons (Fsp3) is 0.161. The number of rotatable bonds is 7. The number of nitrogens with zero attached hydrogens (tertiary/aromatic N) is 6. The van der Waals surface area contributed by atoms with Crippen molar-refractivity contribution in [2.75, 3.05) is 13.1 Å². The summed E-state index contributed by atoms with van der Waals surface area (Å²) in [5.41, 5.74) is 2.69. The Balaban J connectivity index is 1.27. The lowest BCUT2D eigenvalue weighted by Gasteiger charge is -2.25. The van der Waals surface area contributed by atoms with Gasteiger partial charge in [0.25, 0.3) is 5.56 Å². The van der Waals surface area contributed by atoms with Gasteiger partial charge in [-0.15, -0.1) is 16.4 Å². The Morgan fingerprint density at radius 2 is 1.65 bits per heavy atom. The van der Waals surface area contributed by atoms with Crippen LogP contribution in [0.3, 0.4) is 0 Å². The van der Waals surface area contributed by atoms with Gasteiger partial charge < -0.3 is 0 Å². The molecule has 0 radical (unpaired) electrons. The average Bonchev–Trinajstić information content (AvgIpc) is 3.84. The first-order chi connectivity index (χ1) is 21.0. The maximum atomic E-state index is 13.3. The van der Waals surface area contributed by atoms with Crippen LogP contribution in [0.15, 0.2) is 88.0 Å². The van der Waals surface area contributed by atoms with Gasteiger partial charge in [0, 0.05) is 35.3 Å². The predicted molar refractivity (Wildman–Crippen MR) is 171 cm³/mol. The first kappa shape index (κ1) is 27.6. The lowest BCUT2D eigenvalue weighted by molar-refractivity contribution is 0.346. The number of thiazole rings is 1. The third-order valence-corrected chi connectivity index (χ3v) is 11.0. The third-order valence-electron chi connectivity index (χ3n) is 7.27. The van der Waals surface area contributed by atoms with E-state index in [1.807, 2.05) is 60.1 Å². The summed E-state index contributed by atoms with van der Waals surface area (Å²) in [6.07, 6.45) is 10.2. The van der Waals surface area contributed by atoms with Crippen LogP contribution in [0, 0.1) is 0 Å². The van der Waals surface area contributed by atoms with E-state index in [2.05, 4.69) is 10.1 Å². The number of hydrogen-bond acceptors (Lipinski definition) is 8. The Hall–Kier alpha value is -4.23. The molecule has 0 amide bonds. The van der Waals surface area contributed by atoms with Gasteiger partial charge >= 0.3 is 0 Å². The molecule has 1 fully saturated rings. The van der Waals surface area contributed by atoms with Gasteiger partial charge in [0.1, 0.15) is 0 Å². The molecule has 9 nitrogen and oxygen atoms in total. The second kappa shape index (κ2) is 11.5. The van der Waals surface area contributed by atoms with Gasteiger partial charge in [-0.25, -0.2) is 13.1 Å². The van der Waals surface area contributed by atoms with E-state index in [1.165, 1.54) is 15.9 Å². The molecule has 1 aliphatic rings. The minimum absolute atomic E-state index is 0.260. The van der Waals surface area contributed by atoms with Crippen LogP contribution in [0.4, 0.5) is 0 Å². The van der Waals surface area contributed by atoms with E-state index in [9.17, 15) is 13.2 Å². The van der Waals surface area contributed by atoms with Crippen LogP contribution in [0.25, 0.3) is 40.1 Å². The van der Waals surface area contributed by atoms with Crippen molar-refractivity contribution in [2.24, 2.45) is 0 Å². The summed E-state index contributed by atoms with van der Waals surface area (Å²) in [7, 11) is -3.55. The van der Waals surface area contributed by atoms with E-state index in [0.29, 0.717) is 34.1 Å². The minimum Gasteiger partial charge on any atom is -0.266 e. The first-order valence-electron chi connectivity index (χ1n) is 13.8. The molecule has 6 aromatic rings. The molecule has 43 heavy (non-hydrogen) atoms. The van der Waals surface area contributed by atoms with E-state index in [-0.39, 0.29) is 10.5 Å². The summed E-state index contributed by atoms with van der Waals surface area (Å²) in [4.78, 5) is 19.7. The van der Waals surface area contributed by atoms with E-state index < -0.39 is 10.0 Å². The SMILES string of the molecule is O=c1/c(=C/c2cn(-c3ccccc3)nc2-c2ccc(S(=O)(=O)N3CCCCC3)cc2)sc2nc(/C=C/c3cccs3)nn12. The molecule has 12 heteroatoms. The summed E-state index contributed by atoms with van der Waals surface area (Å²) in [6.45, 7) is 1.10. The van der Waals surface area contributed by atoms with E-state index in [0.717, 1.165) is 41.0 Å². The summed E-state index contributed by atoms with van der Waals surface area (Å²) in [5, 5.41) is 11.2. The molecular weight excluding hydrogens is 601 g/mol. The third kappa shape index (κ3) is 5.50. The lowest BCUT2D eigenvalue weighted by atomic mass is 10.1. The highest BCUT2D eigenvalue weighted by molar-refractivity contribution is 7.89. The van der Waals surface area contributed by atoms with Crippen molar-refractivity contribution in [2.45, 2.75) is 24.2 Å². The fourth-order valence-electron chi connectivity index (χ4n) is 5.07. The maximum absolute atomic E-state index is 13.3. The van der Waals surface area contributed by atoms with Gasteiger partial charge in [-0.05, 0) is 66.8 Å². The molecule has 0 aliphatic carbocycles. The van der Waals surface area contributed by atoms with Gasteiger partial charge in [-0.1, -0.05) is 54.2 Å². The van der Waals surface area contributed by atoms with E-state index >= 15 is 0 Å². The van der Waals surface area contributed by atoms with Gasteiger partial charge in [-0.3, -0.25) is 4.79 Å². The molecular formula is C31H26N6O3S3.